The number of hydrogen-bond donors (Lipinski definition) is 1. The van der Waals surface area contributed by atoms with Gasteiger partial charge in [0.25, 0.3) is 0 Å². The number of ether oxygens (including phenoxy) is 1. The third-order valence-corrected chi connectivity index (χ3v) is 3.10. The molecule has 2 aromatic rings. The van der Waals surface area contributed by atoms with E-state index in [2.05, 4.69) is 10.3 Å². The van der Waals surface area contributed by atoms with Crippen LogP contribution in [0.3, 0.4) is 0 Å². The number of rotatable bonds is 6. The molecular formula is C14H14ClN3O3. The van der Waals surface area contributed by atoms with Gasteiger partial charge >= 0.3 is 5.69 Å². The first-order chi connectivity index (χ1) is 10.1. The molecule has 0 aliphatic carbocycles. The number of nitrogens with one attached hydrogen (secondary N) is 1. The summed E-state index contributed by atoms with van der Waals surface area (Å²) < 4.78 is 5.08. The molecule has 1 aromatic heterocycles. The van der Waals surface area contributed by atoms with Gasteiger partial charge in [-0.2, -0.15) is 0 Å². The van der Waals surface area contributed by atoms with Crippen molar-refractivity contribution in [3.05, 3.63) is 57.2 Å². The molecule has 6 nitrogen and oxygen atoms in total. The summed E-state index contributed by atoms with van der Waals surface area (Å²) >= 11 is 5.71. The highest BCUT2D eigenvalue weighted by Crippen LogP contribution is 2.24. The quantitative estimate of drug-likeness (QED) is 0.654. The predicted molar refractivity (Wildman–Crippen MR) is 81.1 cm³/mol. The molecule has 0 aliphatic rings. The van der Waals surface area contributed by atoms with Gasteiger partial charge in [-0.3, -0.25) is 10.1 Å². The molecule has 0 saturated heterocycles. The fraction of sp³-hybridized carbons (Fsp3) is 0.214. The van der Waals surface area contributed by atoms with E-state index in [1.165, 1.54) is 12.3 Å². The largest absolute Gasteiger partial charge is 0.497 e. The minimum atomic E-state index is -0.505. The van der Waals surface area contributed by atoms with E-state index < -0.39 is 4.92 Å². The number of aromatic nitrogens is 1. The lowest BCUT2D eigenvalue weighted by Gasteiger charge is -2.07. The Morgan fingerprint density at radius 1 is 1.38 bits per heavy atom. The normalized spacial score (nSPS) is 10.2. The van der Waals surface area contributed by atoms with Crippen LogP contribution in [-0.4, -0.2) is 23.6 Å². The number of nitrogens with zero attached hydrogens (tertiary/aromatic N) is 2. The molecule has 0 spiro atoms. The average Bonchev–Trinajstić information content (AvgIpc) is 2.49. The van der Waals surface area contributed by atoms with Crippen LogP contribution in [0.2, 0.25) is 5.02 Å². The zero-order chi connectivity index (χ0) is 15.2. The van der Waals surface area contributed by atoms with Crippen LogP contribution in [0.1, 0.15) is 5.56 Å². The molecule has 0 saturated carbocycles. The Hall–Kier alpha value is -2.34. The molecular weight excluding hydrogens is 294 g/mol. The fourth-order valence-corrected chi connectivity index (χ4v) is 1.97. The first-order valence-electron chi connectivity index (χ1n) is 6.27. The number of hydrogen-bond acceptors (Lipinski definition) is 5. The summed E-state index contributed by atoms with van der Waals surface area (Å²) in [5.74, 6) is 1.01. The average molecular weight is 308 g/mol. The SMILES string of the molecule is COc1ccc(CCNc2ncc(Cl)cc2[N+](=O)[O-])cc1. The topological polar surface area (TPSA) is 77.3 Å². The molecule has 21 heavy (non-hydrogen) atoms. The maximum Gasteiger partial charge on any atom is 0.312 e. The molecule has 2 rings (SSSR count). The van der Waals surface area contributed by atoms with E-state index in [1.54, 1.807) is 7.11 Å². The van der Waals surface area contributed by atoms with Crippen LogP contribution in [-0.2, 0) is 6.42 Å². The van der Waals surface area contributed by atoms with Crippen LogP contribution in [0, 0.1) is 10.1 Å². The summed E-state index contributed by atoms with van der Waals surface area (Å²) in [7, 11) is 1.61. The molecule has 0 amide bonds. The van der Waals surface area contributed by atoms with Gasteiger partial charge in [0.1, 0.15) is 5.75 Å². The van der Waals surface area contributed by atoms with E-state index >= 15 is 0 Å². The van der Waals surface area contributed by atoms with E-state index in [4.69, 9.17) is 16.3 Å². The molecule has 0 unspecified atom stereocenters. The summed E-state index contributed by atoms with van der Waals surface area (Å²) in [4.78, 5) is 14.4. The van der Waals surface area contributed by atoms with Crippen molar-refractivity contribution in [3.63, 3.8) is 0 Å². The highest BCUT2D eigenvalue weighted by molar-refractivity contribution is 6.30. The monoisotopic (exact) mass is 307 g/mol. The lowest BCUT2D eigenvalue weighted by molar-refractivity contribution is -0.384. The molecule has 0 fully saturated rings. The van der Waals surface area contributed by atoms with E-state index in [9.17, 15) is 10.1 Å². The Morgan fingerprint density at radius 3 is 2.71 bits per heavy atom. The summed E-state index contributed by atoms with van der Waals surface area (Å²) in [6.07, 6.45) is 2.09. The third-order valence-electron chi connectivity index (χ3n) is 2.90. The Balaban J connectivity index is 1.98. The van der Waals surface area contributed by atoms with Crippen LogP contribution in [0.4, 0.5) is 11.5 Å². The van der Waals surface area contributed by atoms with Gasteiger partial charge in [-0.15, -0.1) is 0 Å². The first kappa shape index (κ1) is 15.1. The second kappa shape index (κ2) is 6.90. The second-order valence-corrected chi connectivity index (χ2v) is 4.74. The maximum atomic E-state index is 10.9. The number of benzene rings is 1. The van der Waals surface area contributed by atoms with Crippen LogP contribution >= 0.6 is 11.6 Å². The lowest BCUT2D eigenvalue weighted by Crippen LogP contribution is -2.08. The molecule has 7 heteroatoms. The van der Waals surface area contributed by atoms with Gasteiger partial charge in [0.2, 0.25) is 5.82 Å². The maximum absolute atomic E-state index is 10.9. The summed E-state index contributed by atoms with van der Waals surface area (Å²) in [5.41, 5.74) is 0.970. The van der Waals surface area contributed by atoms with Gasteiger partial charge in [0.05, 0.1) is 17.1 Å². The van der Waals surface area contributed by atoms with Crippen molar-refractivity contribution in [3.8, 4) is 5.75 Å². The highest BCUT2D eigenvalue weighted by atomic mass is 35.5. The number of pyridine rings is 1. The van der Waals surface area contributed by atoms with Crippen molar-refractivity contribution < 1.29 is 9.66 Å². The van der Waals surface area contributed by atoms with Gasteiger partial charge in [0, 0.05) is 18.8 Å². The molecule has 0 atom stereocenters. The van der Waals surface area contributed by atoms with Crippen LogP contribution in [0.15, 0.2) is 36.5 Å². The molecule has 1 N–H and O–H groups in total. The van der Waals surface area contributed by atoms with Crippen molar-refractivity contribution in [2.75, 3.05) is 19.0 Å². The van der Waals surface area contributed by atoms with E-state index in [0.717, 1.165) is 11.3 Å². The van der Waals surface area contributed by atoms with Gasteiger partial charge in [0.15, 0.2) is 0 Å². The van der Waals surface area contributed by atoms with Gasteiger partial charge in [-0.1, -0.05) is 23.7 Å². The molecule has 1 aromatic carbocycles. The van der Waals surface area contributed by atoms with E-state index in [0.29, 0.717) is 13.0 Å². The second-order valence-electron chi connectivity index (χ2n) is 4.30. The Labute approximate surface area is 126 Å². The number of halogens is 1. The van der Waals surface area contributed by atoms with Gasteiger partial charge in [-0.25, -0.2) is 4.98 Å². The molecule has 110 valence electrons. The summed E-state index contributed by atoms with van der Waals surface area (Å²) in [6, 6.07) is 8.93. The summed E-state index contributed by atoms with van der Waals surface area (Å²) in [6.45, 7) is 0.530. The number of nitro groups is 1. The van der Waals surface area contributed by atoms with Crippen LogP contribution in [0.25, 0.3) is 0 Å². The van der Waals surface area contributed by atoms with Gasteiger partial charge < -0.3 is 10.1 Å². The van der Waals surface area contributed by atoms with Crippen LogP contribution in [0.5, 0.6) is 5.75 Å². The van der Waals surface area contributed by atoms with Crippen molar-refractivity contribution in [2.45, 2.75) is 6.42 Å². The number of methoxy groups -OCH3 is 1. The zero-order valence-electron chi connectivity index (χ0n) is 11.4. The third kappa shape index (κ3) is 4.06. The van der Waals surface area contributed by atoms with Crippen molar-refractivity contribution >= 4 is 23.1 Å². The van der Waals surface area contributed by atoms with Crippen LogP contribution < -0.4 is 10.1 Å². The van der Waals surface area contributed by atoms with Crippen molar-refractivity contribution in [1.29, 1.82) is 0 Å². The molecule has 0 aliphatic heterocycles. The Kier molecular flexibility index (Phi) is 4.94. The Morgan fingerprint density at radius 2 is 2.10 bits per heavy atom. The standard InChI is InChI=1S/C14H14ClN3O3/c1-21-12-4-2-10(3-5-12)6-7-16-14-13(18(19)20)8-11(15)9-17-14/h2-5,8-9H,6-7H2,1H3,(H,16,17). The van der Waals surface area contributed by atoms with Gasteiger partial charge in [-0.05, 0) is 24.1 Å². The zero-order valence-corrected chi connectivity index (χ0v) is 12.1. The Bertz CT molecular complexity index is 632. The fourth-order valence-electron chi connectivity index (χ4n) is 1.82. The number of anilines is 1. The minimum Gasteiger partial charge on any atom is -0.497 e. The highest BCUT2D eigenvalue weighted by Gasteiger charge is 2.15. The smallest absolute Gasteiger partial charge is 0.312 e. The van der Waals surface area contributed by atoms with Crippen molar-refractivity contribution in [1.82, 2.24) is 4.98 Å². The van der Waals surface area contributed by atoms with Crippen molar-refractivity contribution in [2.24, 2.45) is 0 Å². The van der Waals surface area contributed by atoms with E-state index in [-0.39, 0.29) is 16.5 Å². The molecule has 0 bridgehead atoms. The predicted octanol–water partition coefficient (Wildman–Crippen LogP) is 3.31. The first-order valence-corrected chi connectivity index (χ1v) is 6.64. The summed E-state index contributed by atoms with van der Waals surface area (Å²) in [5, 5.41) is 14.1. The lowest BCUT2D eigenvalue weighted by atomic mass is 10.1. The van der Waals surface area contributed by atoms with E-state index in [1.807, 2.05) is 24.3 Å². The molecule has 0 radical (unpaired) electrons. The molecule has 1 heterocycles. The minimum absolute atomic E-state index is 0.128.